The SMILES string of the molecule is CCn1c(SCC(=O)NCc2ccccc2OC(F)(F)F)nc2sc(C)c(C)c2c1=O. The topological polar surface area (TPSA) is 73.2 Å². The number of rotatable bonds is 7. The molecule has 2 heterocycles. The van der Waals surface area contributed by atoms with Crippen LogP contribution in [0.3, 0.4) is 0 Å². The van der Waals surface area contributed by atoms with Crippen LogP contribution in [0.15, 0.2) is 34.2 Å². The lowest BCUT2D eigenvalue weighted by Gasteiger charge is -2.14. The van der Waals surface area contributed by atoms with Gasteiger partial charge in [0.25, 0.3) is 5.56 Å². The fourth-order valence-electron chi connectivity index (χ4n) is 2.95. The highest BCUT2D eigenvalue weighted by molar-refractivity contribution is 7.99. The number of carbonyl (C=O) groups is 1. The zero-order valence-electron chi connectivity index (χ0n) is 17.0. The maximum Gasteiger partial charge on any atom is 0.573 e. The number of benzene rings is 1. The Morgan fingerprint density at radius 1 is 1.29 bits per heavy atom. The molecule has 0 spiro atoms. The van der Waals surface area contributed by atoms with Gasteiger partial charge in [0.05, 0.1) is 11.1 Å². The molecule has 0 bridgehead atoms. The van der Waals surface area contributed by atoms with Crippen molar-refractivity contribution in [1.29, 1.82) is 0 Å². The lowest BCUT2D eigenvalue weighted by molar-refractivity contribution is -0.274. The summed E-state index contributed by atoms with van der Waals surface area (Å²) >= 11 is 2.54. The number of ether oxygens (including phenoxy) is 1. The molecular formula is C20H20F3N3O3S2. The average molecular weight is 472 g/mol. The lowest BCUT2D eigenvalue weighted by Crippen LogP contribution is -2.27. The van der Waals surface area contributed by atoms with Gasteiger partial charge >= 0.3 is 6.36 Å². The molecule has 1 aromatic carbocycles. The maximum atomic E-state index is 12.8. The third kappa shape index (κ3) is 5.40. The largest absolute Gasteiger partial charge is 0.573 e. The fourth-order valence-corrected chi connectivity index (χ4v) is 4.91. The van der Waals surface area contributed by atoms with Gasteiger partial charge in [-0.1, -0.05) is 30.0 Å². The quantitative estimate of drug-likeness (QED) is 0.408. The van der Waals surface area contributed by atoms with Crippen LogP contribution >= 0.6 is 23.1 Å². The van der Waals surface area contributed by atoms with Crippen LogP contribution in [-0.2, 0) is 17.9 Å². The third-order valence-corrected chi connectivity index (χ3v) is 6.65. The van der Waals surface area contributed by atoms with Crippen molar-refractivity contribution < 1.29 is 22.7 Å². The fraction of sp³-hybridized carbons (Fsp3) is 0.350. The van der Waals surface area contributed by atoms with Crippen LogP contribution in [0.1, 0.15) is 22.9 Å². The first-order chi connectivity index (χ1) is 14.6. The molecule has 0 saturated carbocycles. The Kier molecular flexibility index (Phi) is 6.95. The van der Waals surface area contributed by atoms with Crippen LogP contribution in [-0.4, -0.2) is 27.6 Å². The smallest absolute Gasteiger partial charge is 0.405 e. The minimum Gasteiger partial charge on any atom is -0.405 e. The number of halogens is 3. The molecule has 0 radical (unpaired) electrons. The van der Waals surface area contributed by atoms with Crippen molar-refractivity contribution in [1.82, 2.24) is 14.9 Å². The predicted molar refractivity (Wildman–Crippen MR) is 115 cm³/mol. The minimum absolute atomic E-state index is 0.0381. The number of fused-ring (bicyclic) bond motifs is 1. The summed E-state index contributed by atoms with van der Waals surface area (Å²) in [5, 5.41) is 3.60. The average Bonchev–Trinajstić information content (AvgIpc) is 2.98. The van der Waals surface area contributed by atoms with E-state index < -0.39 is 12.3 Å². The van der Waals surface area contributed by atoms with Gasteiger partial charge in [0.2, 0.25) is 5.91 Å². The van der Waals surface area contributed by atoms with Gasteiger partial charge in [-0.15, -0.1) is 24.5 Å². The molecule has 3 rings (SSSR count). The summed E-state index contributed by atoms with van der Waals surface area (Å²) in [6.07, 6.45) is -4.82. The van der Waals surface area contributed by atoms with Crippen LogP contribution in [0.2, 0.25) is 0 Å². The van der Waals surface area contributed by atoms with E-state index >= 15 is 0 Å². The Morgan fingerprint density at radius 2 is 2.00 bits per heavy atom. The molecule has 0 aliphatic carbocycles. The summed E-state index contributed by atoms with van der Waals surface area (Å²) in [4.78, 5) is 31.3. The van der Waals surface area contributed by atoms with Gasteiger partial charge < -0.3 is 10.1 Å². The summed E-state index contributed by atoms with van der Waals surface area (Å²) in [5.74, 6) is -0.801. The molecule has 166 valence electrons. The number of hydrogen-bond acceptors (Lipinski definition) is 6. The van der Waals surface area contributed by atoms with Crippen LogP contribution in [0, 0.1) is 13.8 Å². The van der Waals surface area contributed by atoms with E-state index in [-0.39, 0.29) is 29.2 Å². The monoisotopic (exact) mass is 471 g/mol. The highest BCUT2D eigenvalue weighted by Crippen LogP contribution is 2.29. The van der Waals surface area contributed by atoms with E-state index in [1.807, 2.05) is 20.8 Å². The molecule has 0 aliphatic heterocycles. The standard InChI is InChI=1S/C20H20F3N3O3S2/c1-4-26-18(28)16-11(2)12(3)31-17(16)25-19(26)30-10-15(27)24-9-13-7-5-6-8-14(13)29-20(21,22)23/h5-8H,4,9-10H2,1-3H3,(H,24,27). The molecular weight excluding hydrogens is 451 g/mol. The second-order valence-corrected chi connectivity index (χ2v) is 8.77. The highest BCUT2D eigenvalue weighted by atomic mass is 32.2. The summed E-state index contributed by atoms with van der Waals surface area (Å²) in [6, 6.07) is 5.61. The van der Waals surface area contributed by atoms with Crippen LogP contribution in [0.5, 0.6) is 5.75 Å². The summed E-state index contributed by atoms with van der Waals surface area (Å²) in [5.41, 5.74) is 0.969. The van der Waals surface area contributed by atoms with Gasteiger partial charge in [-0.3, -0.25) is 14.2 Å². The van der Waals surface area contributed by atoms with Crippen molar-refractivity contribution in [2.24, 2.45) is 0 Å². The van der Waals surface area contributed by atoms with E-state index in [0.717, 1.165) is 22.2 Å². The molecule has 1 amide bonds. The van der Waals surface area contributed by atoms with Crippen molar-refractivity contribution >= 4 is 39.2 Å². The second-order valence-electron chi connectivity index (χ2n) is 6.63. The molecule has 0 aliphatic rings. The van der Waals surface area contributed by atoms with Crippen LogP contribution < -0.4 is 15.6 Å². The number of aryl methyl sites for hydroxylation is 2. The Balaban J connectivity index is 1.70. The molecule has 1 N–H and O–H groups in total. The van der Waals surface area contributed by atoms with E-state index in [4.69, 9.17) is 0 Å². The maximum absolute atomic E-state index is 12.8. The number of thioether (sulfide) groups is 1. The summed E-state index contributed by atoms with van der Waals surface area (Å²) in [6.45, 7) is 5.92. The molecule has 0 unspecified atom stereocenters. The number of para-hydroxylation sites is 1. The first kappa shape index (κ1) is 23.1. The van der Waals surface area contributed by atoms with Crippen molar-refractivity contribution in [2.75, 3.05) is 5.75 Å². The molecule has 3 aromatic rings. The number of hydrogen-bond donors (Lipinski definition) is 1. The molecule has 2 aromatic heterocycles. The van der Waals surface area contributed by atoms with Gasteiger partial charge in [0.15, 0.2) is 5.16 Å². The summed E-state index contributed by atoms with van der Waals surface area (Å²) < 4.78 is 43.1. The Labute approximate surface area is 184 Å². The molecule has 0 saturated heterocycles. The van der Waals surface area contributed by atoms with E-state index in [9.17, 15) is 22.8 Å². The van der Waals surface area contributed by atoms with Crippen LogP contribution in [0.25, 0.3) is 10.2 Å². The Bertz CT molecular complexity index is 1170. The highest BCUT2D eigenvalue weighted by Gasteiger charge is 2.32. The zero-order valence-corrected chi connectivity index (χ0v) is 18.6. The molecule has 0 atom stereocenters. The minimum atomic E-state index is -4.82. The van der Waals surface area contributed by atoms with Gasteiger partial charge in [-0.2, -0.15) is 0 Å². The third-order valence-electron chi connectivity index (χ3n) is 4.58. The van der Waals surface area contributed by atoms with Crippen molar-refractivity contribution in [3.05, 3.63) is 50.6 Å². The van der Waals surface area contributed by atoms with E-state index in [1.54, 1.807) is 6.07 Å². The molecule has 0 fully saturated rings. The lowest BCUT2D eigenvalue weighted by atomic mass is 10.2. The zero-order chi connectivity index (χ0) is 22.8. The van der Waals surface area contributed by atoms with Gasteiger partial charge in [0, 0.05) is 23.5 Å². The summed E-state index contributed by atoms with van der Waals surface area (Å²) in [7, 11) is 0. The normalized spacial score (nSPS) is 11.7. The van der Waals surface area contributed by atoms with Gasteiger partial charge in [-0.25, -0.2) is 4.98 Å². The number of nitrogens with one attached hydrogen (secondary N) is 1. The van der Waals surface area contributed by atoms with Crippen molar-refractivity contribution in [3.8, 4) is 5.75 Å². The van der Waals surface area contributed by atoms with Gasteiger partial charge in [-0.05, 0) is 32.4 Å². The second kappa shape index (κ2) is 9.31. The molecule has 31 heavy (non-hydrogen) atoms. The van der Waals surface area contributed by atoms with E-state index in [2.05, 4.69) is 15.0 Å². The first-order valence-corrected chi connectivity index (χ1v) is 11.1. The Hall–Kier alpha value is -2.53. The molecule has 6 nitrogen and oxygen atoms in total. The first-order valence-electron chi connectivity index (χ1n) is 9.34. The number of carbonyl (C=O) groups excluding carboxylic acids is 1. The van der Waals surface area contributed by atoms with Crippen molar-refractivity contribution in [3.63, 3.8) is 0 Å². The Morgan fingerprint density at radius 3 is 2.68 bits per heavy atom. The number of amides is 1. The van der Waals surface area contributed by atoms with Crippen molar-refractivity contribution in [2.45, 2.75) is 45.4 Å². The number of thiophene rings is 1. The van der Waals surface area contributed by atoms with E-state index in [0.29, 0.717) is 21.9 Å². The number of aromatic nitrogens is 2. The number of nitrogens with zero attached hydrogens (tertiary/aromatic N) is 2. The predicted octanol–water partition coefficient (Wildman–Crippen LogP) is 4.40. The number of alkyl halides is 3. The van der Waals surface area contributed by atoms with E-state index in [1.165, 1.54) is 34.1 Å². The van der Waals surface area contributed by atoms with Gasteiger partial charge in [0.1, 0.15) is 10.6 Å². The van der Waals surface area contributed by atoms with Crippen LogP contribution in [0.4, 0.5) is 13.2 Å². The molecule has 11 heteroatoms.